The van der Waals surface area contributed by atoms with Crippen LogP contribution in [0.15, 0.2) is 49.1 Å². The summed E-state index contributed by atoms with van der Waals surface area (Å²) in [6.07, 6.45) is 10.9. The molecule has 0 amide bonds. The second-order valence-corrected chi connectivity index (χ2v) is 9.83. The molecule has 0 aromatic carbocycles. The van der Waals surface area contributed by atoms with Crippen LogP contribution in [-0.4, -0.2) is 66.7 Å². The van der Waals surface area contributed by atoms with Gasteiger partial charge in [0.25, 0.3) is 0 Å². The van der Waals surface area contributed by atoms with Gasteiger partial charge >= 0.3 is 0 Å². The molecular weight excluding hydrogens is 440 g/mol. The number of hydrogen-bond acceptors (Lipinski definition) is 8. The third-order valence-corrected chi connectivity index (χ3v) is 6.80. The fraction of sp³-hybridized carbons (Fsp3) is 0.423. The molecule has 180 valence electrons. The van der Waals surface area contributed by atoms with Gasteiger partial charge in [0.2, 0.25) is 0 Å². The van der Waals surface area contributed by atoms with Gasteiger partial charge in [-0.2, -0.15) is 10.2 Å². The summed E-state index contributed by atoms with van der Waals surface area (Å²) in [5.41, 5.74) is 4.84. The Labute approximate surface area is 204 Å². The molecule has 4 aromatic heterocycles. The number of nitrogens with one attached hydrogen (secondary N) is 1. The van der Waals surface area contributed by atoms with Gasteiger partial charge in [-0.05, 0) is 42.2 Å². The molecule has 2 unspecified atom stereocenters. The molecule has 2 atom stereocenters. The van der Waals surface area contributed by atoms with E-state index >= 15 is 0 Å². The number of rotatable bonds is 8. The Balaban J connectivity index is 1.12. The van der Waals surface area contributed by atoms with Crippen molar-refractivity contribution in [2.24, 2.45) is 0 Å². The zero-order chi connectivity index (χ0) is 23.8. The highest BCUT2D eigenvalue weighted by atomic mass is 16.5. The van der Waals surface area contributed by atoms with Crippen LogP contribution >= 0.6 is 0 Å². The van der Waals surface area contributed by atoms with Gasteiger partial charge in [-0.15, -0.1) is 5.10 Å². The van der Waals surface area contributed by atoms with Gasteiger partial charge in [0.1, 0.15) is 5.82 Å². The van der Waals surface area contributed by atoms with Crippen molar-refractivity contribution in [1.29, 1.82) is 0 Å². The van der Waals surface area contributed by atoms with Crippen molar-refractivity contribution in [3.63, 3.8) is 0 Å². The lowest BCUT2D eigenvalue weighted by atomic mass is 9.99. The number of morpholine rings is 1. The minimum Gasteiger partial charge on any atom is -0.372 e. The third kappa shape index (κ3) is 4.87. The van der Waals surface area contributed by atoms with E-state index in [1.807, 2.05) is 35.3 Å². The van der Waals surface area contributed by atoms with E-state index in [9.17, 15) is 0 Å². The van der Waals surface area contributed by atoms with Gasteiger partial charge in [-0.3, -0.25) is 14.6 Å². The number of aromatic nitrogens is 6. The second-order valence-electron chi connectivity index (χ2n) is 9.83. The minimum absolute atomic E-state index is 0.383. The van der Waals surface area contributed by atoms with E-state index in [-0.39, 0.29) is 0 Å². The van der Waals surface area contributed by atoms with Crippen LogP contribution in [0.4, 0.5) is 11.6 Å². The number of hydrogen-bond donors (Lipinski definition) is 1. The summed E-state index contributed by atoms with van der Waals surface area (Å²) in [5.74, 6) is 1.78. The molecular formula is C26H30N8O. The van der Waals surface area contributed by atoms with E-state index in [4.69, 9.17) is 9.72 Å². The average molecular weight is 471 g/mol. The van der Waals surface area contributed by atoms with Gasteiger partial charge < -0.3 is 10.1 Å². The molecule has 3 aliphatic heterocycles. The Kier molecular flexibility index (Phi) is 5.87. The summed E-state index contributed by atoms with van der Waals surface area (Å²) in [5, 5.41) is 16.1. The van der Waals surface area contributed by atoms with Gasteiger partial charge in [0, 0.05) is 56.1 Å². The number of aryl methyl sites for hydroxylation is 1. The Morgan fingerprint density at radius 2 is 1.86 bits per heavy atom. The first-order chi connectivity index (χ1) is 17.1. The monoisotopic (exact) mass is 470 g/mol. The number of pyridine rings is 2. The molecule has 9 nitrogen and oxygen atoms in total. The lowest BCUT2D eigenvalue weighted by Gasteiger charge is -2.47. The molecule has 35 heavy (non-hydrogen) atoms. The Morgan fingerprint density at radius 3 is 2.69 bits per heavy atom. The topological polar surface area (TPSA) is 93.9 Å². The summed E-state index contributed by atoms with van der Waals surface area (Å²) in [4.78, 5) is 11.9. The van der Waals surface area contributed by atoms with Crippen molar-refractivity contribution in [3.8, 4) is 11.1 Å². The molecule has 0 radical (unpaired) electrons. The average Bonchev–Trinajstić information content (AvgIpc) is 3.32. The number of ether oxygens (including phenoxy) is 1. The van der Waals surface area contributed by atoms with Crippen molar-refractivity contribution >= 4 is 22.7 Å². The van der Waals surface area contributed by atoms with Crippen molar-refractivity contribution in [2.75, 3.05) is 25.0 Å². The van der Waals surface area contributed by atoms with Crippen molar-refractivity contribution in [2.45, 2.75) is 51.4 Å². The van der Waals surface area contributed by atoms with E-state index in [0.717, 1.165) is 60.3 Å². The molecule has 3 fully saturated rings. The molecule has 1 N–H and O–H groups in total. The second kappa shape index (κ2) is 9.31. The van der Waals surface area contributed by atoms with Crippen molar-refractivity contribution < 1.29 is 4.74 Å². The van der Waals surface area contributed by atoms with E-state index in [1.165, 1.54) is 6.42 Å². The molecule has 2 bridgehead atoms. The van der Waals surface area contributed by atoms with Crippen LogP contribution in [0.25, 0.3) is 22.2 Å². The molecule has 7 rings (SSSR count). The molecule has 0 spiro atoms. The summed E-state index contributed by atoms with van der Waals surface area (Å²) in [6.45, 7) is 8.41. The van der Waals surface area contributed by atoms with E-state index < -0.39 is 0 Å². The number of nitrogens with zero attached hydrogens (tertiary/aromatic N) is 7. The zero-order valence-electron chi connectivity index (χ0n) is 20.1. The quantitative estimate of drug-likeness (QED) is 0.413. The summed E-state index contributed by atoms with van der Waals surface area (Å²) < 4.78 is 7.74. The Bertz CT molecular complexity index is 1320. The zero-order valence-corrected chi connectivity index (χ0v) is 20.1. The normalized spacial score (nSPS) is 19.7. The maximum absolute atomic E-state index is 5.72. The predicted molar refractivity (Wildman–Crippen MR) is 134 cm³/mol. The fourth-order valence-corrected chi connectivity index (χ4v) is 4.84. The van der Waals surface area contributed by atoms with Gasteiger partial charge in [0.15, 0.2) is 5.82 Å². The molecule has 4 aromatic rings. The van der Waals surface area contributed by atoms with Crippen LogP contribution in [-0.2, 0) is 11.3 Å². The van der Waals surface area contributed by atoms with Crippen molar-refractivity contribution in [1.82, 2.24) is 34.8 Å². The summed E-state index contributed by atoms with van der Waals surface area (Å²) in [7, 11) is 0. The van der Waals surface area contributed by atoms with Crippen LogP contribution < -0.4 is 5.32 Å². The van der Waals surface area contributed by atoms with Crippen LogP contribution in [0.1, 0.15) is 38.2 Å². The first-order valence-corrected chi connectivity index (χ1v) is 12.4. The lowest BCUT2D eigenvalue weighted by molar-refractivity contribution is -0.180. The van der Waals surface area contributed by atoms with Gasteiger partial charge in [0.05, 0.1) is 35.6 Å². The first-order valence-electron chi connectivity index (χ1n) is 12.4. The summed E-state index contributed by atoms with van der Waals surface area (Å²) >= 11 is 0. The van der Waals surface area contributed by atoms with Gasteiger partial charge in [-0.25, -0.2) is 4.98 Å². The maximum atomic E-state index is 5.72. The number of anilines is 2. The molecule has 0 aliphatic carbocycles. The smallest absolute Gasteiger partial charge is 0.154 e. The van der Waals surface area contributed by atoms with E-state index in [2.05, 4.69) is 56.6 Å². The first kappa shape index (κ1) is 22.1. The van der Waals surface area contributed by atoms with Crippen molar-refractivity contribution in [3.05, 3.63) is 54.6 Å². The maximum Gasteiger partial charge on any atom is 0.154 e. The fourth-order valence-electron chi connectivity index (χ4n) is 4.84. The highest BCUT2D eigenvalue weighted by molar-refractivity contribution is 5.81. The molecule has 3 aliphatic rings. The van der Waals surface area contributed by atoms with E-state index in [0.29, 0.717) is 29.8 Å². The SMILES string of the molecule is CC(C)c1cnnc(Nc2ccc3ncc(-c4cnn(CCCN5CC6CC(C5)O6)c4)cc3n2)c1. The van der Waals surface area contributed by atoms with Crippen LogP contribution in [0.2, 0.25) is 0 Å². The molecule has 9 heteroatoms. The molecule has 0 saturated carbocycles. The Hall–Kier alpha value is -3.43. The van der Waals surface area contributed by atoms with Crippen LogP contribution in [0, 0.1) is 0 Å². The number of fused-ring (bicyclic) bond motifs is 3. The van der Waals surface area contributed by atoms with Crippen LogP contribution in [0.3, 0.4) is 0 Å². The highest BCUT2D eigenvalue weighted by Crippen LogP contribution is 2.28. The molecule has 3 saturated heterocycles. The molecule has 7 heterocycles. The van der Waals surface area contributed by atoms with E-state index in [1.54, 1.807) is 6.20 Å². The predicted octanol–water partition coefficient (Wildman–Crippen LogP) is 4.01. The minimum atomic E-state index is 0.383. The lowest BCUT2D eigenvalue weighted by Crippen LogP contribution is -2.57. The number of piperidine rings is 1. The van der Waals surface area contributed by atoms with Crippen LogP contribution in [0.5, 0.6) is 0 Å². The van der Waals surface area contributed by atoms with Gasteiger partial charge in [-0.1, -0.05) is 13.8 Å². The highest BCUT2D eigenvalue weighted by Gasteiger charge is 2.37. The summed E-state index contributed by atoms with van der Waals surface area (Å²) in [6, 6.07) is 7.95. The standard InChI is InChI=1S/C26H30N8O/c1-17(2)18-9-26(32-28-12-18)31-25-5-4-23-24(30-25)8-19(11-27-23)20-13-29-34(14-20)7-3-6-33-15-21-10-22(16-33)35-21/h4-5,8-9,11-14,17,21-22H,3,6-7,10,15-16H2,1-2H3,(H,30,31,32). The Morgan fingerprint density at radius 1 is 1.00 bits per heavy atom. The largest absolute Gasteiger partial charge is 0.372 e. The third-order valence-electron chi connectivity index (χ3n) is 6.80.